The standard InChI is InChI=1S/C17H22ClFN2O3/c1-4-20(8-12-13(18)6-5-7-14(12)19)16(22)9-21-15(11(2)3)10-24-17(21)23/h5-7,11,15H,4,8-10H2,1-3H3. The zero-order chi connectivity index (χ0) is 17.9. The third kappa shape index (κ3) is 3.98. The largest absolute Gasteiger partial charge is 0.447 e. The minimum atomic E-state index is -0.484. The third-order valence-corrected chi connectivity index (χ3v) is 4.59. The van der Waals surface area contributed by atoms with E-state index in [2.05, 4.69) is 0 Å². The van der Waals surface area contributed by atoms with Crippen LogP contribution in [0.15, 0.2) is 18.2 Å². The molecule has 0 bridgehead atoms. The second-order valence-electron chi connectivity index (χ2n) is 6.12. The van der Waals surface area contributed by atoms with E-state index in [0.717, 1.165) is 0 Å². The second kappa shape index (κ2) is 7.83. The lowest BCUT2D eigenvalue weighted by atomic mass is 10.0. The van der Waals surface area contributed by atoms with Crippen LogP contribution in [0, 0.1) is 11.7 Å². The Labute approximate surface area is 146 Å². The van der Waals surface area contributed by atoms with Gasteiger partial charge in [-0.1, -0.05) is 31.5 Å². The zero-order valence-corrected chi connectivity index (χ0v) is 14.8. The van der Waals surface area contributed by atoms with Gasteiger partial charge < -0.3 is 9.64 Å². The molecule has 1 atom stereocenters. The molecule has 132 valence electrons. The molecule has 0 aliphatic carbocycles. The number of benzene rings is 1. The highest BCUT2D eigenvalue weighted by Gasteiger charge is 2.36. The van der Waals surface area contributed by atoms with Crippen molar-refractivity contribution in [3.63, 3.8) is 0 Å². The average Bonchev–Trinajstić information content (AvgIpc) is 2.88. The average molecular weight is 357 g/mol. The fourth-order valence-electron chi connectivity index (χ4n) is 2.70. The monoisotopic (exact) mass is 356 g/mol. The molecule has 1 aliphatic rings. The Bertz CT molecular complexity index is 604. The van der Waals surface area contributed by atoms with E-state index < -0.39 is 11.9 Å². The molecule has 1 aromatic rings. The minimum absolute atomic E-state index is 0.0655. The van der Waals surface area contributed by atoms with Gasteiger partial charge in [-0.15, -0.1) is 0 Å². The Morgan fingerprint density at radius 2 is 2.21 bits per heavy atom. The van der Waals surface area contributed by atoms with Gasteiger partial charge in [0, 0.05) is 17.1 Å². The molecular formula is C17H22ClFN2O3. The maximum atomic E-state index is 13.9. The molecule has 0 N–H and O–H groups in total. The van der Waals surface area contributed by atoms with Gasteiger partial charge in [0.1, 0.15) is 19.0 Å². The Hall–Kier alpha value is -1.82. The van der Waals surface area contributed by atoms with E-state index in [1.807, 2.05) is 13.8 Å². The van der Waals surface area contributed by atoms with Gasteiger partial charge in [-0.3, -0.25) is 9.69 Å². The number of nitrogens with zero attached hydrogens (tertiary/aromatic N) is 2. The lowest BCUT2D eigenvalue weighted by Crippen LogP contribution is -2.45. The number of likely N-dealkylation sites (N-methyl/N-ethyl adjacent to an activating group) is 1. The first kappa shape index (κ1) is 18.5. The fourth-order valence-corrected chi connectivity index (χ4v) is 2.92. The van der Waals surface area contributed by atoms with Crippen molar-refractivity contribution in [2.24, 2.45) is 5.92 Å². The van der Waals surface area contributed by atoms with Crippen LogP contribution in [0.2, 0.25) is 5.02 Å². The summed E-state index contributed by atoms with van der Waals surface area (Å²) in [7, 11) is 0. The van der Waals surface area contributed by atoms with E-state index >= 15 is 0 Å². The number of hydrogen-bond acceptors (Lipinski definition) is 3. The number of hydrogen-bond donors (Lipinski definition) is 0. The van der Waals surface area contributed by atoms with Crippen LogP contribution in [-0.2, 0) is 16.1 Å². The first-order valence-corrected chi connectivity index (χ1v) is 8.37. The summed E-state index contributed by atoms with van der Waals surface area (Å²) in [6.07, 6.45) is -0.484. The van der Waals surface area contributed by atoms with Gasteiger partial charge in [0.25, 0.3) is 0 Å². The van der Waals surface area contributed by atoms with Gasteiger partial charge in [-0.2, -0.15) is 0 Å². The Morgan fingerprint density at radius 3 is 2.79 bits per heavy atom. The Kier molecular flexibility index (Phi) is 6.04. The van der Waals surface area contributed by atoms with Gasteiger partial charge in [0.15, 0.2) is 0 Å². The van der Waals surface area contributed by atoms with E-state index in [1.54, 1.807) is 13.0 Å². The topological polar surface area (TPSA) is 49.9 Å². The molecule has 1 aromatic carbocycles. The minimum Gasteiger partial charge on any atom is -0.447 e. The van der Waals surface area contributed by atoms with Gasteiger partial charge in [0.2, 0.25) is 5.91 Å². The molecule has 0 aromatic heterocycles. The molecule has 1 unspecified atom stereocenters. The quantitative estimate of drug-likeness (QED) is 0.785. The summed E-state index contributed by atoms with van der Waals surface area (Å²) in [5.74, 6) is -0.531. The highest BCUT2D eigenvalue weighted by Crippen LogP contribution is 2.22. The van der Waals surface area contributed by atoms with E-state index in [1.165, 1.54) is 21.9 Å². The molecule has 1 fully saturated rings. The van der Waals surface area contributed by atoms with Crippen molar-refractivity contribution in [2.75, 3.05) is 19.7 Å². The van der Waals surface area contributed by atoms with Crippen LogP contribution in [0.3, 0.4) is 0 Å². The number of carbonyl (C=O) groups excluding carboxylic acids is 2. The van der Waals surface area contributed by atoms with E-state index in [4.69, 9.17) is 16.3 Å². The SMILES string of the molecule is CCN(Cc1c(F)cccc1Cl)C(=O)CN1C(=O)OCC1C(C)C. The van der Waals surface area contributed by atoms with Crippen LogP contribution in [0.4, 0.5) is 9.18 Å². The van der Waals surface area contributed by atoms with Gasteiger partial charge in [-0.05, 0) is 25.0 Å². The van der Waals surface area contributed by atoms with Crippen molar-refractivity contribution in [1.82, 2.24) is 9.80 Å². The van der Waals surface area contributed by atoms with Crippen molar-refractivity contribution in [1.29, 1.82) is 0 Å². The summed E-state index contributed by atoms with van der Waals surface area (Å²) in [6, 6.07) is 4.29. The Balaban J connectivity index is 2.10. The lowest BCUT2D eigenvalue weighted by molar-refractivity contribution is -0.132. The van der Waals surface area contributed by atoms with Crippen LogP contribution < -0.4 is 0 Å². The molecule has 1 saturated heterocycles. The van der Waals surface area contributed by atoms with Gasteiger partial charge in [-0.25, -0.2) is 9.18 Å². The van der Waals surface area contributed by atoms with Crippen LogP contribution in [-0.4, -0.2) is 47.5 Å². The number of carbonyl (C=O) groups is 2. The number of cyclic esters (lactones) is 1. The van der Waals surface area contributed by atoms with E-state index in [9.17, 15) is 14.0 Å². The van der Waals surface area contributed by atoms with Crippen molar-refractivity contribution < 1.29 is 18.7 Å². The molecule has 0 saturated carbocycles. The number of rotatable bonds is 6. The molecule has 5 nitrogen and oxygen atoms in total. The molecule has 1 aliphatic heterocycles. The summed E-state index contributed by atoms with van der Waals surface area (Å²) < 4.78 is 19.0. The van der Waals surface area contributed by atoms with Crippen LogP contribution in [0.25, 0.3) is 0 Å². The summed E-state index contributed by atoms with van der Waals surface area (Å²) >= 11 is 6.03. The summed E-state index contributed by atoms with van der Waals surface area (Å²) in [5.41, 5.74) is 0.277. The van der Waals surface area contributed by atoms with Crippen molar-refractivity contribution >= 4 is 23.6 Å². The first-order valence-electron chi connectivity index (χ1n) is 7.99. The maximum Gasteiger partial charge on any atom is 0.410 e. The van der Waals surface area contributed by atoms with Crippen LogP contribution in [0.5, 0.6) is 0 Å². The van der Waals surface area contributed by atoms with Crippen molar-refractivity contribution in [3.05, 3.63) is 34.6 Å². The number of amides is 2. The second-order valence-corrected chi connectivity index (χ2v) is 6.53. The molecule has 7 heteroatoms. The fraction of sp³-hybridized carbons (Fsp3) is 0.529. The van der Waals surface area contributed by atoms with Crippen molar-refractivity contribution in [3.8, 4) is 0 Å². The Morgan fingerprint density at radius 1 is 1.50 bits per heavy atom. The highest BCUT2D eigenvalue weighted by atomic mass is 35.5. The maximum absolute atomic E-state index is 13.9. The molecule has 0 radical (unpaired) electrons. The zero-order valence-electron chi connectivity index (χ0n) is 14.1. The molecule has 24 heavy (non-hydrogen) atoms. The number of ether oxygens (including phenoxy) is 1. The van der Waals surface area contributed by atoms with Crippen molar-refractivity contribution in [2.45, 2.75) is 33.4 Å². The highest BCUT2D eigenvalue weighted by molar-refractivity contribution is 6.31. The van der Waals surface area contributed by atoms with E-state index in [0.29, 0.717) is 6.54 Å². The summed E-state index contributed by atoms with van der Waals surface area (Å²) in [4.78, 5) is 27.4. The van der Waals surface area contributed by atoms with Crippen LogP contribution >= 0.6 is 11.6 Å². The molecule has 2 rings (SSSR count). The summed E-state index contributed by atoms with van der Waals surface area (Å²) in [5, 5.41) is 0.280. The summed E-state index contributed by atoms with van der Waals surface area (Å²) in [6.45, 7) is 6.40. The van der Waals surface area contributed by atoms with E-state index in [-0.39, 0.29) is 48.1 Å². The third-order valence-electron chi connectivity index (χ3n) is 4.23. The first-order chi connectivity index (χ1) is 11.3. The van der Waals surface area contributed by atoms with Gasteiger partial charge >= 0.3 is 6.09 Å². The number of halogens is 2. The predicted octanol–water partition coefficient (Wildman–Crippen LogP) is 3.30. The van der Waals surface area contributed by atoms with Gasteiger partial charge in [0.05, 0.1) is 12.6 Å². The molecular weight excluding hydrogens is 335 g/mol. The smallest absolute Gasteiger partial charge is 0.410 e. The molecule has 2 amide bonds. The molecule has 1 heterocycles. The molecule has 0 spiro atoms. The van der Waals surface area contributed by atoms with Crippen LogP contribution in [0.1, 0.15) is 26.3 Å². The predicted molar refractivity (Wildman–Crippen MR) is 89.2 cm³/mol. The normalized spacial score (nSPS) is 17.3. The lowest BCUT2D eigenvalue weighted by Gasteiger charge is -2.28.